The topological polar surface area (TPSA) is 84.8 Å². The molecule has 3 atom stereocenters. The van der Waals surface area contributed by atoms with Crippen molar-refractivity contribution >= 4 is 18.1 Å². The van der Waals surface area contributed by atoms with Gasteiger partial charge in [0, 0.05) is 24.7 Å². The van der Waals surface area contributed by atoms with E-state index in [1.165, 1.54) is 4.90 Å². The van der Waals surface area contributed by atoms with E-state index in [-0.39, 0.29) is 24.8 Å². The highest BCUT2D eigenvalue weighted by molar-refractivity contribution is 5.97. The number of nitrogens with one attached hydrogen (secondary N) is 1. The number of amides is 1. The molecular formula is C14H17F3N3O3-. The lowest BCUT2D eigenvalue weighted by atomic mass is 9.71. The zero-order valence-electron chi connectivity index (χ0n) is 12.3. The molecule has 0 radical (unpaired) electrons. The Morgan fingerprint density at radius 3 is 2.52 bits per heavy atom. The van der Waals surface area contributed by atoms with Crippen LogP contribution in [0.3, 0.4) is 0 Å². The summed E-state index contributed by atoms with van der Waals surface area (Å²) in [6.07, 6.45) is -1.24. The van der Waals surface area contributed by atoms with Crippen LogP contribution in [-0.2, 0) is 9.59 Å². The Labute approximate surface area is 130 Å². The number of likely N-dealkylation sites (tertiary alicyclic amines) is 1. The Morgan fingerprint density at radius 2 is 1.96 bits per heavy atom. The quantitative estimate of drug-likeness (QED) is 0.790. The van der Waals surface area contributed by atoms with Crippen LogP contribution in [-0.4, -0.2) is 47.8 Å². The smallest absolute Gasteiger partial charge is 0.411 e. The number of hydrazone groups is 1. The average Bonchev–Trinajstić information content (AvgIpc) is 3.22. The summed E-state index contributed by atoms with van der Waals surface area (Å²) in [5.74, 6) is -2.30. The highest BCUT2D eigenvalue weighted by atomic mass is 19.4. The molecule has 1 saturated heterocycles. The lowest BCUT2D eigenvalue weighted by molar-refractivity contribution is -0.323. The molecule has 0 spiro atoms. The molecule has 0 bridgehead atoms. The molecule has 3 rings (SSSR count). The maximum atomic E-state index is 13.3. The van der Waals surface area contributed by atoms with Crippen LogP contribution in [0.5, 0.6) is 0 Å². The van der Waals surface area contributed by atoms with Gasteiger partial charge in [0.05, 0.1) is 11.4 Å². The number of hydrogen-bond acceptors (Lipinski definition) is 5. The van der Waals surface area contributed by atoms with Crippen LogP contribution in [0.2, 0.25) is 0 Å². The highest BCUT2D eigenvalue weighted by Gasteiger charge is 2.62. The van der Waals surface area contributed by atoms with Gasteiger partial charge in [-0.3, -0.25) is 10.2 Å². The Hall–Kier alpha value is -1.80. The Balaban J connectivity index is 1.99. The van der Waals surface area contributed by atoms with Crippen molar-refractivity contribution in [2.45, 2.75) is 50.4 Å². The van der Waals surface area contributed by atoms with Gasteiger partial charge in [0.15, 0.2) is 6.04 Å². The molecule has 23 heavy (non-hydrogen) atoms. The molecule has 1 saturated carbocycles. The second-order valence-corrected chi connectivity index (χ2v) is 6.40. The molecule has 2 fully saturated rings. The fourth-order valence-electron chi connectivity index (χ4n) is 3.59. The van der Waals surface area contributed by atoms with Gasteiger partial charge in [-0.2, -0.15) is 18.3 Å². The second-order valence-electron chi connectivity index (χ2n) is 6.40. The van der Waals surface area contributed by atoms with Crippen LogP contribution in [0.25, 0.3) is 0 Å². The summed E-state index contributed by atoms with van der Waals surface area (Å²) < 4.78 is 40.0. The summed E-state index contributed by atoms with van der Waals surface area (Å²) in [5, 5.41) is 15.1. The molecule has 3 unspecified atom stereocenters. The number of halogens is 3. The first-order valence-corrected chi connectivity index (χ1v) is 7.67. The van der Waals surface area contributed by atoms with Crippen molar-refractivity contribution in [3.63, 3.8) is 0 Å². The summed E-state index contributed by atoms with van der Waals surface area (Å²) in [7, 11) is 0. The molecule has 0 aromatic rings. The fourth-order valence-corrected chi connectivity index (χ4v) is 3.59. The van der Waals surface area contributed by atoms with Gasteiger partial charge in [-0.15, -0.1) is 0 Å². The maximum absolute atomic E-state index is 13.3. The maximum Gasteiger partial charge on any atom is 0.411 e. The Kier molecular flexibility index (Phi) is 3.76. The molecule has 128 valence electrons. The third-order valence-electron chi connectivity index (χ3n) is 4.90. The Bertz CT molecular complexity index is 547. The van der Waals surface area contributed by atoms with E-state index in [1.807, 2.05) is 5.43 Å². The number of nitrogens with zero attached hydrogens (tertiary/aromatic N) is 2. The van der Waals surface area contributed by atoms with Gasteiger partial charge in [0.2, 0.25) is 5.91 Å². The van der Waals surface area contributed by atoms with Crippen molar-refractivity contribution < 1.29 is 27.9 Å². The highest BCUT2D eigenvalue weighted by Crippen LogP contribution is 2.44. The third kappa shape index (κ3) is 2.55. The summed E-state index contributed by atoms with van der Waals surface area (Å²) >= 11 is 0. The summed E-state index contributed by atoms with van der Waals surface area (Å²) in [5.41, 5.74) is -0.530. The van der Waals surface area contributed by atoms with E-state index < -0.39 is 29.6 Å². The number of rotatable bonds is 3. The fraction of sp³-hybridized carbons (Fsp3) is 0.786. The van der Waals surface area contributed by atoms with Crippen molar-refractivity contribution in [2.24, 2.45) is 16.4 Å². The second kappa shape index (κ2) is 5.38. The monoisotopic (exact) mass is 332 g/mol. The standard InChI is InChI=1S/C14H18F3N3O3/c15-14(16,17)11-13(12(22)23,7-18-19-11)9-3-1-2-6-20(9)10(21)8-4-5-8/h7-9,11,19H,1-6H2,(H,22,23)/p-1. The number of piperidine rings is 1. The predicted molar refractivity (Wildman–Crippen MR) is 71.0 cm³/mol. The molecule has 1 aliphatic carbocycles. The molecule has 1 amide bonds. The minimum atomic E-state index is -4.82. The van der Waals surface area contributed by atoms with Gasteiger partial charge in [0.25, 0.3) is 0 Å². The molecule has 1 N–H and O–H groups in total. The molecule has 2 heterocycles. The van der Waals surface area contributed by atoms with Crippen LogP contribution in [0.15, 0.2) is 5.10 Å². The van der Waals surface area contributed by atoms with Crippen LogP contribution in [0.1, 0.15) is 32.1 Å². The lowest BCUT2D eigenvalue weighted by Crippen LogP contribution is -2.68. The first-order chi connectivity index (χ1) is 10.8. The number of carbonyl (C=O) groups is 2. The average molecular weight is 332 g/mol. The molecule has 9 heteroatoms. The molecule has 0 aromatic heterocycles. The van der Waals surface area contributed by atoms with Crippen LogP contribution in [0, 0.1) is 11.3 Å². The van der Waals surface area contributed by atoms with Crippen LogP contribution >= 0.6 is 0 Å². The van der Waals surface area contributed by atoms with Crippen molar-refractivity contribution in [2.75, 3.05) is 6.54 Å². The summed E-state index contributed by atoms with van der Waals surface area (Å²) in [6, 6.07) is -3.49. The molecule has 2 aliphatic heterocycles. The third-order valence-corrected chi connectivity index (χ3v) is 4.90. The largest absolute Gasteiger partial charge is 0.549 e. The number of aliphatic carboxylic acids is 1. The van der Waals surface area contributed by atoms with Crippen molar-refractivity contribution in [3.8, 4) is 0 Å². The molecule has 3 aliphatic rings. The van der Waals surface area contributed by atoms with Gasteiger partial charge in [-0.25, -0.2) is 0 Å². The lowest BCUT2D eigenvalue weighted by Gasteiger charge is -2.48. The van der Waals surface area contributed by atoms with E-state index in [1.54, 1.807) is 0 Å². The first-order valence-electron chi connectivity index (χ1n) is 7.67. The van der Waals surface area contributed by atoms with E-state index in [2.05, 4.69) is 5.10 Å². The number of carbonyl (C=O) groups excluding carboxylic acids is 2. The van der Waals surface area contributed by atoms with E-state index >= 15 is 0 Å². The zero-order chi connectivity index (χ0) is 16.8. The van der Waals surface area contributed by atoms with Gasteiger partial charge >= 0.3 is 6.18 Å². The number of hydrogen-bond donors (Lipinski definition) is 1. The number of alkyl halides is 3. The summed E-state index contributed by atoms with van der Waals surface area (Å²) in [6.45, 7) is 0.271. The SMILES string of the molecule is O=C(C1CC1)N1CCCCC1C1(C(=O)[O-])C=NNC1C(F)(F)F. The zero-order valence-corrected chi connectivity index (χ0v) is 12.3. The minimum absolute atomic E-state index is 0.187. The molecular weight excluding hydrogens is 315 g/mol. The first kappa shape index (κ1) is 16.1. The number of carboxylic acid groups (broad SMARTS) is 1. The van der Waals surface area contributed by atoms with Crippen molar-refractivity contribution in [1.82, 2.24) is 10.3 Å². The Morgan fingerprint density at radius 1 is 1.26 bits per heavy atom. The normalized spacial score (nSPS) is 34.3. The van der Waals surface area contributed by atoms with E-state index in [4.69, 9.17) is 0 Å². The molecule has 6 nitrogen and oxygen atoms in total. The molecule has 0 aromatic carbocycles. The predicted octanol–water partition coefficient (Wildman–Crippen LogP) is 0.0337. The van der Waals surface area contributed by atoms with Crippen LogP contribution in [0.4, 0.5) is 13.2 Å². The van der Waals surface area contributed by atoms with E-state index in [9.17, 15) is 27.9 Å². The van der Waals surface area contributed by atoms with Gasteiger partial charge < -0.3 is 14.8 Å². The van der Waals surface area contributed by atoms with Crippen LogP contribution < -0.4 is 10.5 Å². The minimum Gasteiger partial charge on any atom is -0.549 e. The van der Waals surface area contributed by atoms with E-state index in [0.29, 0.717) is 25.7 Å². The van der Waals surface area contributed by atoms with Gasteiger partial charge in [0.1, 0.15) is 0 Å². The van der Waals surface area contributed by atoms with Gasteiger partial charge in [-0.1, -0.05) is 0 Å². The van der Waals surface area contributed by atoms with Gasteiger partial charge in [-0.05, 0) is 32.1 Å². The van der Waals surface area contributed by atoms with Crippen molar-refractivity contribution in [3.05, 3.63) is 0 Å². The number of carboxylic acids is 1. The van der Waals surface area contributed by atoms with Crippen molar-refractivity contribution in [1.29, 1.82) is 0 Å². The van der Waals surface area contributed by atoms with E-state index in [0.717, 1.165) is 6.21 Å². The summed E-state index contributed by atoms with van der Waals surface area (Å²) in [4.78, 5) is 25.5.